The maximum atomic E-state index is 8.36. The summed E-state index contributed by atoms with van der Waals surface area (Å²) in [6.45, 7) is 0. The smallest absolute Gasteiger partial charge is 0.291 e. The normalized spacial score (nSPS) is 8.33. The average Bonchev–Trinajstić information content (AvgIpc) is 2.17. The van der Waals surface area contributed by atoms with Crippen molar-refractivity contribution in [2.45, 2.75) is 0 Å². The van der Waals surface area contributed by atoms with Crippen molar-refractivity contribution >= 4 is 11.6 Å². The fourth-order valence-electron chi connectivity index (χ4n) is 0.728. The number of benzene rings is 1. The zero-order valence-electron chi connectivity index (χ0n) is 7.70. The molecular formula is C7H11N5O3. The topological polar surface area (TPSA) is 143 Å². The second-order valence-electron chi connectivity index (χ2n) is 2.33. The van der Waals surface area contributed by atoms with Crippen LogP contribution in [-0.4, -0.2) is 16.3 Å². The molecule has 0 aliphatic rings. The highest BCUT2D eigenvalue weighted by Crippen LogP contribution is 2.07. The van der Waals surface area contributed by atoms with Gasteiger partial charge in [-0.15, -0.1) is 10.1 Å². The van der Waals surface area contributed by atoms with E-state index in [2.05, 4.69) is 0 Å². The highest BCUT2D eigenvalue weighted by molar-refractivity contribution is 5.91. The molecule has 0 radical (unpaired) electrons. The lowest BCUT2D eigenvalue weighted by atomic mass is 10.3. The molecule has 0 heterocycles. The van der Waals surface area contributed by atoms with E-state index in [1.165, 1.54) is 0 Å². The van der Waals surface area contributed by atoms with Crippen LogP contribution in [0.4, 0.5) is 5.69 Å². The minimum absolute atomic E-state index is 0.170. The Bertz CT molecular complexity index is 325. The Labute approximate surface area is 85.3 Å². The van der Waals surface area contributed by atoms with Gasteiger partial charge in [-0.3, -0.25) is 5.41 Å². The van der Waals surface area contributed by atoms with Crippen molar-refractivity contribution < 1.29 is 10.3 Å². The second kappa shape index (κ2) is 6.16. The summed E-state index contributed by atoms with van der Waals surface area (Å²) in [6, 6.07) is 9.09. The molecule has 0 amide bonds. The predicted molar refractivity (Wildman–Crippen MR) is 53.8 cm³/mol. The Hall–Kier alpha value is -2.35. The third-order valence-corrected chi connectivity index (χ3v) is 1.29. The van der Waals surface area contributed by atoms with E-state index in [-0.39, 0.29) is 5.96 Å². The third kappa shape index (κ3) is 5.82. The number of hydrazine groups is 1. The van der Waals surface area contributed by atoms with Crippen LogP contribution in [0.1, 0.15) is 0 Å². The maximum absolute atomic E-state index is 8.36. The highest BCUT2D eigenvalue weighted by atomic mass is 16.9. The summed E-state index contributed by atoms with van der Waals surface area (Å²) in [5.74, 6) is 5.25. The van der Waals surface area contributed by atoms with Gasteiger partial charge in [0.15, 0.2) is 0 Å². The minimum atomic E-state index is -1.50. The lowest BCUT2D eigenvalue weighted by molar-refractivity contribution is -0.742. The molecule has 0 bridgehead atoms. The van der Waals surface area contributed by atoms with Crippen LogP contribution in [0.2, 0.25) is 0 Å². The molecule has 0 atom stereocenters. The summed E-state index contributed by atoms with van der Waals surface area (Å²) in [6.07, 6.45) is 0. The van der Waals surface area contributed by atoms with E-state index in [4.69, 9.17) is 32.3 Å². The van der Waals surface area contributed by atoms with Gasteiger partial charge in [-0.05, 0) is 12.1 Å². The first kappa shape index (κ1) is 12.7. The van der Waals surface area contributed by atoms with Gasteiger partial charge in [0.1, 0.15) is 0 Å². The molecule has 0 saturated carbocycles. The Morgan fingerprint density at radius 3 is 2.20 bits per heavy atom. The fraction of sp³-hybridized carbons (Fsp3) is 0. The van der Waals surface area contributed by atoms with Crippen LogP contribution < -0.4 is 16.6 Å². The monoisotopic (exact) mass is 213 g/mol. The van der Waals surface area contributed by atoms with Crippen molar-refractivity contribution in [1.29, 1.82) is 5.41 Å². The van der Waals surface area contributed by atoms with Crippen LogP contribution in [0, 0.1) is 15.5 Å². The summed E-state index contributed by atoms with van der Waals surface area (Å²) in [7, 11) is 0. The zero-order chi connectivity index (χ0) is 11.8. The first-order valence-corrected chi connectivity index (χ1v) is 3.72. The molecule has 1 aromatic rings. The summed E-state index contributed by atoms with van der Waals surface area (Å²) >= 11 is 0. The van der Waals surface area contributed by atoms with E-state index in [9.17, 15) is 0 Å². The van der Waals surface area contributed by atoms with Crippen LogP contribution in [0.5, 0.6) is 0 Å². The maximum Gasteiger partial charge on any atom is 0.291 e. The predicted octanol–water partition coefficient (Wildman–Crippen LogP) is -0.0875. The zero-order valence-corrected chi connectivity index (χ0v) is 7.70. The van der Waals surface area contributed by atoms with Crippen LogP contribution in [0.3, 0.4) is 0 Å². The molecule has 8 nitrogen and oxygen atoms in total. The van der Waals surface area contributed by atoms with Crippen molar-refractivity contribution in [3.63, 3.8) is 0 Å². The molecule has 6 N–H and O–H groups in total. The second-order valence-corrected chi connectivity index (χ2v) is 2.33. The van der Waals surface area contributed by atoms with Gasteiger partial charge >= 0.3 is 0 Å². The van der Waals surface area contributed by atoms with Gasteiger partial charge in [0.2, 0.25) is 5.96 Å². The van der Waals surface area contributed by atoms with E-state index in [0.29, 0.717) is 5.69 Å². The summed E-state index contributed by atoms with van der Waals surface area (Å²) in [5, 5.41) is 21.8. The number of rotatable bonds is 1. The van der Waals surface area contributed by atoms with E-state index in [0.717, 1.165) is 5.01 Å². The Kier molecular flexibility index (Phi) is 5.19. The van der Waals surface area contributed by atoms with Gasteiger partial charge < -0.3 is 10.9 Å². The van der Waals surface area contributed by atoms with E-state index in [1.807, 2.05) is 18.2 Å². The quantitative estimate of drug-likeness (QED) is 0.169. The van der Waals surface area contributed by atoms with E-state index >= 15 is 0 Å². The number of anilines is 1. The molecule has 0 spiro atoms. The number of hydrogen-bond acceptors (Lipinski definition) is 4. The summed E-state index contributed by atoms with van der Waals surface area (Å²) in [5.41, 5.74) is 5.86. The summed E-state index contributed by atoms with van der Waals surface area (Å²) < 4.78 is 0. The molecule has 0 unspecified atom stereocenters. The van der Waals surface area contributed by atoms with Crippen molar-refractivity contribution in [1.82, 2.24) is 0 Å². The van der Waals surface area contributed by atoms with Crippen molar-refractivity contribution in [2.24, 2.45) is 11.6 Å². The number of nitrogens with zero attached hydrogens (tertiary/aromatic N) is 2. The van der Waals surface area contributed by atoms with Crippen molar-refractivity contribution in [3.05, 3.63) is 40.4 Å². The van der Waals surface area contributed by atoms with Crippen molar-refractivity contribution in [3.8, 4) is 0 Å². The van der Waals surface area contributed by atoms with Gasteiger partial charge in [-0.1, -0.05) is 18.2 Å². The SMILES string of the molecule is N=C(N)N(N)c1ccccc1.O=[N+]([O-])O. The van der Waals surface area contributed by atoms with Gasteiger partial charge in [0.25, 0.3) is 5.09 Å². The fourth-order valence-corrected chi connectivity index (χ4v) is 0.728. The summed E-state index contributed by atoms with van der Waals surface area (Å²) in [4.78, 5) is 8.36. The average molecular weight is 213 g/mol. The third-order valence-electron chi connectivity index (χ3n) is 1.29. The number of guanidine groups is 1. The molecule has 0 aliphatic heterocycles. The molecular weight excluding hydrogens is 202 g/mol. The van der Waals surface area contributed by atoms with Crippen LogP contribution in [-0.2, 0) is 0 Å². The highest BCUT2D eigenvalue weighted by Gasteiger charge is 2.00. The number of nitrogens with two attached hydrogens (primary N) is 2. The van der Waals surface area contributed by atoms with Crippen LogP contribution in [0.25, 0.3) is 0 Å². The van der Waals surface area contributed by atoms with Crippen LogP contribution >= 0.6 is 0 Å². The van der Waals surface area contributed by atoms with E-state index in [1.54, 1.807) is 12.1 Å². The van der Waals surface area contributed by atoms with Gasteiger partial charge in [-0.2, -0.15) is 0 Å². The van der Waals surface area contributed by atoms with Gasteiger partial charge in [0.05, 0.1) is 5.69 Å². The molecule has 82 valence electrons. The van der Waals surface area contributed by atoms with Gasteiger partial charge in [0, 0.05) is 0 Å². The minimum Gasteiger partial charge on any atom is -0.369 e. The molecule has 0 fully saturated rings. The first-order chi connectivity index (χ1) is 6.95. The lowest BCUT2D eigenvalue weighted by Gasteiger charge is -2.14. The Morgan fingerprint density at radius 1 is 1.47 bits per heavy atom. The van der Waals surface area contributed by atoms with Crippen molar-refractivity contribution in [2.75, 3.05) is 5.01 Å². The molecule has 1 aromatic carbocycles. The van der Waals surface area contributed by atoms with Gasteiger partial charge in [-0.25, -0.2) is 10.9 Å². The number of nitrogens with one attached hydrogen (secondary N) is 1. The molecule has 15 heavy (non-hydrogen) atoms. The molecule has 0 saturated heterocycles. The molecule has 1 rings (SSSR count). The molecule has 8 heteroatoms. The Balaban J connectivity index is 0.000000423. The van der Waals surface area contributed by atoms with E-state index < -0.39 is 5.09 Å². The first-order valence-electron chi connectivity index (χ1n) is 3.72. The van der Waals surface area contributed by atoms with Crippen LogP contribution in [0.15, 0.2) is 30.3 Å². The number of hydrogen-bond donors (Lipinski definition) is 4. The molecule has 0 aromatic heterocycles. The number of para-hydroxylation sites is 1. The standard InChI is InChI=1S/C7H10N4.HNO3/c8-7(9)11(10)6-4-2-1-3-5-6;2-1(3)4/h1-5H,10H2,(H3,8,9);(H,2,3,4). The Morgan fingerprint density at radius 2 is 1.87 bits per heavy atom. The molecule has 0 aliphatic carbocycles. The lowest BCUT2D eigenvalue weighted by Crippen LogP contribution is -2.42. The largest absolute Gasteiger partial charge is 0.369 e.